The number of thiazole rings is 1. The van der Waals surface area contributed by atoms with Crippen LogP contribution in [0.3, 0.4) is 0 Å². The molecule has 0 aliphatic heterocycles. The van der Waals surface area contributed by atoms with Gasteiger partial charge in [0, 0.05) is 55.4 Å². The number of rotatable bonds is 6. The smallest absolute Gasteiger partial charge is 0.144 e. The maximum atomic E-state index is 6.65. The Bertz CT molecular complexity index is 3140. The lowest BCUT2D eigenvalue weighted by molar-refractivity contribution is 0.670. The minimum absolute atomic E-state index is 0.880. The lowest BCUT2D eigenvalue weighted by Crippen LogP contribution is -2.09. The van der Waals surface area contributed by atoms with Gasteiger partial charge in [0.15, 0.2) is 0 Å². The molecule has 0 bridgehead atoms. The van der Waals surface area contributed by atoms with Crippen molar-refractivity contribution < 1.29 is 4.42 Å². The average Bonchev–Trinajstić information content (AvgIpc) is 3.93. The summed E-state index contributed by atoms with van der Waals surface area (Å²) in [4.78, 5) is 7.51. The Morgan fingerprint density at radius 3 is 1.91 bits per heavy atom. The standard InChI is InChI=1S/C49H31N3OS/c1-4-14-33(15-5-1)49-50-42-31-41-39-21-11-13-23-45(39)53-47(41)46(48(42)54-49)32-24-26-36(27-25-32)51(34-16-6-2-7-17-34)37-28-29-44-40(30-37)38-20-10-12-22-43(38)52(44)35-18-8-3-9-19-35/h1-31H. The first-order chi connectivity index (χ1) is 26.8. The summed E-state index contributed by atoms with van der Waals surface area (Å²) in [5, 5.41) is 5.61. The lowest BCUT2D eigenvalue weighted by Gasteiger charge is -2.26. The first kappa shape index (κ1) is 30.7. The molecule has 0 saturated carbocycles. The molecular weight excluding hydrogens is 679 g/mol. The molecule has 0 aliphatic carbocycles. The molecule has 4 nitrogen and oxygen atoms in total. The summed E-state index contributed by atoms with van der Waals surface area (Å²) in [5.41, 5.74) is 12.8. The summed E-state index contributed by atoms with van der Waals surface area (Å²) in [6, 6.07) is 66.6. The maximum Gasteiger partial charge on any atom is 0.144 e. The highest BCUT2D eigenvalue weighted by Gasteiger charge is 2.22. The molecule has 0 fully saturated rings. The van der Waals surface area contributed by atoms with E-state index in [1.807, 2.05) is 18.2 Å². The van der Waals surface area contributed by atoms with Crippen LogP contribution in [-0.4, -0.2) is 9.55 Å². The van der Waals surface area contributed by atoms with Gasteiger partial charge in [0.2, 0.25) is 0 Å². The van der Waals surface area contributed by atoms with Crippen molar-refractivity contribution >= 4 is 82.4 Å². The Morgan fingerprint density at radius 2 is 1.11 bits per heavy atom. The van der Waals surface area contributed by atoms with Crippen LogP contribution < -0.4 is 4.90 Å². The maximum absolute atomic E-state index is 6.65. The Morgan fingerprint density at radius 1 is 0.481 bits per heavy atom. The van der Waals surface area contributed by atoms with E-state index in [1.54, 1.807) is 11.3 Å². The van der Waals surface area contributed by atoms with Crippen molar-refractivity contribution in [1.82, 2.24) is 9.55 Å². The molecule has 0 amide bonds. The third-order valence-electron chi connectivity index (χ3n) is 10.4. The number of anilines is 3. The van der Waals surface area contributed by atoms with Crippen molar-refractivity contribution in [2.75, 3.05) is 4.90 Å². The van der Waals surface area contributed by atoms with Gasteiger partial charge >= 0.3 is 0 Å². The zero-order chi connectivity index (χ0) is 35.6. The highest BCUT2D eigenvalue weighted by atomic mass is 32.1. The van der Waals surface area contributed by atoms with Gasteiger partial charge in [0.05, 0.1) is 21.3 Å². The van der Waals surface area contributed by atoms with E-state index in [1.165, 1.54) is 21.8 Å². The first-order valence-corrected chi connectivity index (χ1v) is 18.9. The predicted octanol–water partition coefficient (Wildman–Crippen LogP) is 14.1. The summed E-state index contributed by atoms with van der Waals surface area (Å²) >= 11 is 1.72. The van der Waals surface area contributed by atoms with E-state index in [0.29, 0.717) is 0 Å². The highest BCUT2D eigenvalue weighted by molar-refractivity contribution is 7.22. The molecule has 11 aromatic rings. The normalized spacial score (nSPS) is 11.7. The molecule has 11 rings (SSSR count). The number of furan rings is 1. The van der Waals surface area contributed by atoms with Gasteiger partial charge in [-0.1, -0.05) is 115 Å². The molecule has 0 saturated heterocycles. The average molecular weight is 710 g/mol. The summed E-state index contributed by atoms with van der Waals surface area (Å²) in [5.74, 6) is 0. The molecule has 5 heteroatoms. The van der Waals surface area contributed by atoms with Crippen molar-refractivity contribution in [1.29, 1.82) is 0 Å². The van der Waals surface area contributed by atoms with Crippen LogP contribution in [0.25, 0.3) is 81.3 Å². The third-order valence-corrected chi connectivity index (χ3v) is 11.5. The fourth-order valence-electron chi connectivity index (χ4n) is 7.97. The Labute approximate surface area is 315 Å². The number of aromatic nitrogens is 2. The molecule has 0 N–H and O–H groups in total. The van der Waals surface area contributed by atoms with E-state index in [9.17, 15) is 0 Å². The molecule has 3 heterocycles. The first-order valence-electron chi connectivity index (χ1n) is 18.1. The van der Waals surface area contributed by atoms with Crippen molar-refractivity contribution in [3.05, 3.63) is 188 Å². The Balaban J connectivity index is 1.09. The number of benzene rings is 8. The predicted molar refractivity (Wildman–Crippen MR) is 227 cm³/mol. The minimum Gasteiger partial charge on any atom is -0.455 e. The van der Waals surface area contributed by atoms with Gasteiger partial charge in [-0.2, -0.15) is 0 Å². The molecule has 0 radical (unpaired) electrons. The lowest BCUT2D eigenvalue weighted by atomic mass is 10.0. The number of hydrogen-bond donors (Lipinski definition) is 0. The van der Waals surface area contributed by atoms with Gasteiger partial charge in [-0.25, -0.2) is 4.98 Å². The molecule has 8 aromatic carbocycles. The molecule has 3 aromatic heterocycles. The molecule has 0 atom stereocenters. The van der Waals surface area contributed by atoms with Crippen molar-refractivity contribution in [2.24, 2.45) is 0 Å². The van der Waals surface area contributed by atoms with Crippen molar-refractivity contribution in [3.8, 4) is 27.4 Å². The number of hydrogen-bond acceptors (Lipinski definition) is 4. The van der Waals surface area contributed by atoms with Crippen LogP contribution in [0.2, 0.25) is 0 Å². The second-order valence-corrected chi connectivity index (χ2v) is 14.6. The summed E-state index contributed by atoms with van der Waals surface area (Å²) in [6.07, 6.45) is 0. The molecule has 0 unspecified atom stereocenters. The summed E-state index contributed by atoms with van der Waals surface area (Å²) in [7, 11) is 0. The van der Waals surface area contributed by atoms with Gasteiger partial charge in [0.1, 0.15) is 16.2 Å². The van der Waals surface area contributed by atoms with E-state index in [2.05, 4.69) is 179 Å². The van der Waals surface area contributed by atoms with E-state index in [-0.39, 0.29) is 0 Å². The van der Waals surface area contributed by atoms with E-state index in [0.717, 1.165) is 76.6 Å². The van der Waals surface area contributed by atoms with Gasteiger partial charge in [-0.15, -0.1) is 11.3 Å². The number of para-hydroxylation sites is 4. The number of nitrogens with zero attached hydrogens (tertiary/aromatic N) is 3. The van der Waals surface area contributed by atoms with Gasteiger partial charge in [-0.05, 0) is 78.4 Å². The molecule has 0 spiro atoms. The molecular formula is C49H31N3OS. The van der Waals surface area contributed by atoms with Gasteiger partial charge < -0.3 is 13.9 Å². The van der Waals surface area contributed by atoms with Crippen molar-refractivity contribution in [2.45, 2.75) is 0 Å². The van der Waals surface area contributed by atoms with Gasteiger partial charge in [0.25, 0.3) is 0 Å². The van der Waals surface area contributed by atoms with Crippen LogP contribution >= 0.6 is 11.3 Å². The third kappa shape index (κ3) is 4.86. The zero-order valence-corrected chi connectivity index (χ0v) is 29.9. The fourth-order valence-corrected chi connectivity index (χ4v) is 9.08. The highest BCUT2D eigenvalue weighted by Crippen LogP contribution is 2.46. The monoisotopic (exact) mass is 709 g/mol. The van der Waals surface area contributed by atoms with Crippen LogP contribution in [0.15, 0.2) is 192 Å². The number of fused-ring (bicyclic) bond motifs is 7. The molecule has 254 valence electrons. The molecule has 54 heavy (non-hydrogen) atoms. The van der Waals surface area contributed by atoms with Gasteiger partial charge in [-0.3, -0.25) is 0 Å². The van der Waals surface area contributed by atoms with Crippen LogP contribution in [0.5, 0.6) is 0 Å². The van der Waals surface area contributed by atoms with Crippen LogP contribution in [-0.2, 0) is 0 Å². The van der Waals surface area contributed by atoms with Crippen molar-refractivity contribution in [3.63, 3.8) is 0 Å². The summed E-state index contributed by atoms with van der Waals surface area (Å²) < 4.78 is 10.1. The molecule has 0 aliphatic rings. The van der Waals surface area contributed by atoms with E-state index in [4.69, 9.17) is 9.40 Å². The SMILES string of the molecule is c1ccc(-c2nc3cc4c(oc5ccccc54)c(-c4ccc(N(c5ccccc5)c5ccc6c(c5)c5ccccc5n6-c5ccccc5)cc4)c3s2)cc1. The van der Waals surface area contributed by atoms with E-state index >= 15 is 0 Å². The Hall–Kier alpha value is -6.95. The summed E-state index contributed by atoms with van der Waals surface area (Å²) in [6.45, 7) is 0. The van der Waals surface area contributed by atoms with Crippen LogP contribution in [0, 0.1) is 0 Å². The van der Waals surface area contributed by atoms with E-state index < -0.39 is 0 Å². The second kappa shape index (κ2) is 12.3. The van der Waals surface area contributed by atoms with Crippen LogP contribution in [0.4, 0.5) is 17.1 Å². The minimum atomic E-state index is 0.880. The quantitative estimate of drug-likeness (QED) is 0.172. The van der Waals surface area contributed by atoms with Crippen LogP contribution in [0.1, 0.15) is 0 Å². The Kier molecular flexibility index (Phi) is 7.00. The zero-order valence-electron chi connectivity index (χ0n) is 29.1. The second-order valence-electron chi connectivity index (χ2n) is 13.6. The topological polar surface area (TPSA) is 34.2 Å². The largest absolute Gasteiger partial charge is 0.455 e. The fraction of sp³-hybridized carbons (Fsp3) is 0.